The van der Waals surface area contributed by atoms with E-state index in [1.54, 1.807) is 12.4 Å². The monoisotopic (exact) mass is 469 g/mol. The van der Waals surface area contributed by atoms with E-state index in [4.69, 9.17) is 16.0 Å². The minimum Gasteiger partial charge on any atom is -0.507 e. The molecule has 9 heteroatoms. The number of phenolic OH excluding ortho intramolecular Hbond substituents is 1. The van der Waals surface area contributed by atoms with Crippen molar-refractivity contribution in [2.45, 2.75) is 6.04 Å². The molecule has 2 aromatic carbocycles. The van der Waals surface area contributed by atoms with Gasteiger partial charge in [0.25, 0.3) is 0 Å². The largest absolute Gasteiger partial charge is 0.507 e. The van der Waals surface area contributed by atoms with Crippen LogP contribution in [-0.4, -0.2) is 64.2 Å². The zero-order valence-corrected chi connectivity index (χ0v) is 18.5. The normalized spacial score (nSPS) is 16.5. The van der Waals surface area contributed by atoms with Gasteiger partial charge in [-0.05, 0) is 36.9 Å². The fourth-order valence-corrected chi connectivity index (χ4v) is 4.81. The highest BCUT2D eigenvalue weighted by atomic mass is 35.5. The summed E-state index contributed by atoms with van der Waals surface area (Å²) in [6.45, 7) is 2.91. The van der Waals surface area contributed by atoms with Crippen LogP contribution in [0.3, 0.4) is 0 Å². The van der Waals surface area contributed by atoms with Gasteiger partial charge in [-0.25, -0.2) is 9.18 Å². The number of carboxylic acid groups (broad SMARTS) is 1. The van der Waals surface area contributed by atoms with Gasteiger partial charge in [-0.2, -0.15) is 0 Å². The van der Waals surface area contributed by atoms with Crippen LogP contribution in [-0.2, 0) is 0 Å². The summed E-state index contributed by atoms with van der Waals surface area (Å²) in [5.41, 5.74) is 1.17. The van der Waals surface area contributed by atoms with E-state index < -0.39 is 17.8 Å². The summed E-state index contributed by atoms with van der Waals surface area (Å²) in [7, 11) is 2.03. The van der Waals surface area contributed by atoms with Crippen LogP contribution < -0.4 is 0 Å². The molecule has 7 nitrogen and oxygen atoms in total. The molecule has 2 N–H and O–H groups in total. The van der Waals surface area contributed by atoms with Gasteiger partial charge in [-0.3, -0.25) is 9.88 Å². The number of carboxylic acids is 1. The van der Waals surface area contributed by atoms with Gasteiger partial charge in [0.1, 0.15) is 23.2 Å². The predicted molar refractivity (Wildman–Crippen MR) is 122 cm³/mol. The zero-order chi connectivity index (χ0) is 23.3. The molecule has 1 unspecified atom stereocenters. The van der Waals surface area contributed by atoms with E-state index in [2.05, 4.69) is 14.8 Å². The van der Waals surface area contributed by atoms with E-state index in [9.17, 15) is 15.0 Å². The van der Waals surface area contributed by atoms with E-state index >= 15 is 4.39 Å². The number of hydrogen-bond acceptors (Lipinski definition) is 6. The molecule has 170 valence electrons. The maximum atomic E-state index is 15.2. The predicted octanol–water partition coefficient (Wildman–Crippen LogP) is 4.51. The number of fused-ring (bicyclic) bond motifs is 3. The number of phenols is 1. The number of aromatic hydroxyl groups is 1. The maximum Gasteiger partial charge on any atom is 0.339 e. The lowest BCUT2D eigenvalue weighted by Gasteiger charge is -2.39. The molecule has 1 saturated heterocycles. The maximum absolute atomic E-state index is 15.2. The van der Waals surface area contributed by atoms with E-state index in [0.29, 0.717) is 13.1 Å². The Bertz CT molecular complexity index is 1370. The molecule has 4 aromatic rings. The van der Waals surface area contributed by atoms with Gasteiger partial charge in [0.2, 0.25) is 0 Å². The number of hydrogen-bond donors (Lipinski definition) is 2. The highest BCUT2D eigenvalue weighted by molar-refractivity contribution is 6.32. The fourth-order valence-electron chi connectivity index (χ4n) is 4.66. The summed E-state index contributed by atoms with van der Waals surface area (Å²) in [5, 5.41) is 21.7. The van der Waals surface area contributed by atoms with Crippen molar-refractivity contribution in [2.75, 3.05) is 33.2 Å². The van der Waals surface area contributed by atoms with Gasteiger partial charge in [0, 0.05) is 54.9 Å². The highest BCUT2D eigenvalue weighted by Gasteiger charge is 2.34. The highest BCUT2D eigenvalue weighted by Crippen LogP contribution is 2.47. The summed E-state index contributed by atoms with van der Waals surface area (Å²) >= 11 is 6.05. The van der Waals surface area contributed by atoms with E-state index in [1.165, 1.54) is 12.1 Å². The number of pyridine rings is 1. The molecular weight excluding hydrogens is 449 g/mol. The molecule has 0 bridgehead atoms. The first-order valence-electron chi connectivity index (χ1n) is 10.5. The lowest BCUT2D eigenvalue weighted by Crippen LogP contribution is -2.46. The third-order valence-electron chi connectivity index (χ3n) is 6.32. The lowest BCUT2D eigenvalue weighted by molar-refractivity contribution is 0.0697. The first kappa shape index (κ1) is 21.6. The van der Waals surface area contributed by atoms with Crippen LogP contribution in [0.5, 0.6) is 5.75 Å². The van der Waals surface area contributed by atoms with Crippen molar-refractivity contribution in [1.29, 1.82) is 0 Å². The van der Waals surface area contributed by atoms with Crippen LogP contribution in [0, 0.1) is 5.82 Å². The Morgan fingerprint density at radius 2 is 1.85 bits per heavy atom. The van der Waals surface area contributed by atoms with Crippen molar-refractivity contribution in [3.63, 3.8) is 0 Å². The van der Waals surface area contributed by atoms with Crippen molar-refractivity contribution in [3.05, 3.63) is 70.5 Å². The van der Waals surface area contributed by atoms with Crippen molar-refractivity contribution in [3.8, 4) is 5.75 Å². The molecule has 1 fully saturated rings. The number of piperazine rings is 1. The number of aromatic nitrogens is 1. The Hall–Kier alpha value is -3.20. The number of rotatable bonds is 4. The molecule has 1 aliphatic heterocycles. The first-order valence-corrected chi connectivity index (χ1v) is 10.9. The summed E-state index contributed by atoms with van der Waals surface area (Å²) in [6, 6.07) is 5.96. The van der Waals surface area contributed by atoms with Gasteiger partial charge in [-0.1, -0.05) is 11.6 Å². The Labute approximate surface area is 193 Å². The third-order valence-corrected chi connectivity index (χ3v) is 6.61. The van der Waals surface area contributed by atoms with E-state index in [-0.39, 0.29) is 43.6 Å². The van der Waals surface area contributed by atoms with E-state index in [1.807, 2.05) is 19.2 Å². The number of likely N-dealkylation sites (N-methyl/N-ethyl adjacent to an activating group) is 1. The smallest absolute Gasteiger partial charge is 0.339 e. The summed E-state index contributed by atoms with van der Waals surface area (Å²) in [4.78, 5) is 20.5. The van der Waals surface area contributed by atoms with Crippen LogP contribution in [0.4, 0.5) is 4.39 Å². The molecule has 0 spiro atoms. The number of carbonyl (C=O) groups is 1. The first-order chi connectivity index (χ1) is 15.9. The second-order valence-corrected chi connectivity index (χ2v) is 8.63. The summed E-state index contributed by atoms with van der Waals surface area (Å²) in [6.07, 6.45) is 4.41. The molecule has 1 aliphatic rings. The van der Waals surface area contributed by atoms with Gasteiger partial charge in [0.15, 0.2) is 5.82 Å². The molecule has 0 saturated carbocycles. The van der Waals surface area contributed by atoms with E-state index in [0.717, 1.165) is 24.9 Å². The SMILES string of the molecule is CN1CCN(C(c2ccncc2)c2c(O)c3c(F)c(Cl)ccc3c3occ(C(=O)O)c23)CC1. The van der Waals surface area contributed by atoms with Gasteiger partial charge in [-0.15, -0.1) is 0 Å². The Morgan fingerprint density at radius 1 is 1.15 bits per heavy atom. The third kappa shape index (κ3) is 3.51. The van der Waals surface area contributed by atoms with Crippen molar-refractivity contribution >= 4 is 39.3 Å². The van der Waals surface area contributed by atoms with Crippen molar-refractivity contribution in [2.24, 2.45) is 0 Å². The number of nitrogens with zero attached hydrogens (tertiary/aromatic N) is 3. The topological polar surface area (TPSA) is 90.0 Å². The molecule has 33 heavy (non-hydrogen) atoms. The quantitative estimate of drug-likeness (QED) is 0.454. The molecule has 0 radical (unpaired) electrons. The molecule has 0 amide bonds. The number of halogens is 2. The van der Waals surface area contributed by atoms with Crippen molar-refractivity contribution in [1.82, 2.24) is 14.8 Å². The van der Waals surface area contributed by atoms with Crippen LogP contribution in [0.25, 0.3) is 21.7 Å². The molecule has 0 aliphatic carbocycles. The summed E-state index contributed by atoms with van der Waals surface area (Å²) in [5.74, 6) is -2.33. The molecule has 2 aromatic heterocycles. The minimum atomic E-state index is -1.20. The number of benzene rings is 2. The zero-order valence-electron chi connectivity index (χ0n) is 17.8. The van der Waals surface area contributed by atoms with Crippen molar-refractivity contribution < 1.29 is 23.8 Å². The fraction of sp³-hybridized carbons (Fsp3) is 0.250. The standard InChI is InChI=1S/C24H21ClFN3O4/c1-28-8-10-29(11-9-28)21(13-4-6-27-7-5-13)19-17-15(24(31)32)12-33-23(17)14-2-3-16(25)20(26)18(14)22(19)30/h2-7,12,21,30H,8-11H2,1H3,(H,31,32). The van der Waals surface area contributed by atoms with Gasteiger partial charge in [0.05, 0.1) is 16.5 Å². The molecular formula is C24H21ClFN3O4. The Kier molecular flexibility index (Phi) is 5.44. The Balaban J connectivity index is 1.90. The molecule has 5 rings (SSSR count). The lowest BCUT2D eigenvalue weighted by atomic mass is 9.89. The number of aromatic carboxylic acids is 1. The number of furan rings is 1. The van der Waals surface area contributed by atoms with Crippen LogP contribution >= 0.6 is 11.6 Å². The molecule has 3 heterocycles. The summed E-state index contributed by atoms with van der Waals surface area (Å²) < 4.78 is 20.9. The van der Waals surface area contributed by atoms with Gasteiger partial charge < -0.3 is 19.5 Å². The average molecular weight is 470 g/mol. The Morgan fingerprint density at radius 3 is 2.52 bits per heavy atom. The van der Waals surface area contributed by atoms with Crippen LogP contribution in [0.1, 0.15) is 27.5 Å². The second-order valence-electron chi connectivity index (χ2n) is 8.23. The van der Waals surface area contributed by atoms with Crippen LogP contribution in [0.15, 0.2) is 47.3 Å². The molecule has 1 atom stereocenters. The van der Waals surface area contributed by atoms with Crippen LogP contribution in [0.2, 0.25) is 5.02 Å². The minimum absolute atomic E-state index is 0.0931. The average Bonchev–Trinajstić information content (AvgIpc) is 3.25. The second kappa shape index (κ2) is 8.30. The van der Waals surface area contributed by atoms with Gasteiger partial charge >= 0.3 is 5.97 Å².